The van der Waals surface area contributed by atoms with Crippen LogP contribution in [0.25, 0.3) is 0 Å². The molecule has 0 saturated heterocycles. The molecule has 0 radical (unpaired) electrons. The van der Waals surface area contributed by atoms with E-state index < -0.39 is 0 Å². The zero-order valence-electron chi connectivity index (χ0n) is 23.3. The first-order valence-corrected chi connectivity index (χ1v) is 13.6. The Kier molecular flexibility index (Phi) is 3.89. The smallest absolute Gasteiger partial charge is 0.0152 e. The molecule has 0 spiro atoms. The number of hydrogen-bond donors (Lipinski definition) is 0. The van der Waals surface area contributed by atoms with Gasteiger partial charge in [0.2, 0.25) is 0 Å². The molecule has 0 nitrogen and oxygen atoms in total. The molecule has 6 aliphatic rings. The number of hydrogen-bond acceptors (Lipinski definition) is 0. The summed E-state index contributed by atoms with van der Waals surface area (Å²) in [5, 5.41) is 0. The minimum absolute atomic E-state index is 0.343. The summed E-state index contributed by atoms with van der Waals surface area (Å²) >= 11 is 0. The Bertz CT molecular complexity index is 861. The van der Waals surface area contributed by atoms with Crippen molar-refractivity contribution >= 4 is 0 Å². The predicted octanol–water partition coefficient (Wildman–Crippen LogP) is 8.72. The first-order valence-electron chi connectivity index (χ1n) is 13.6. The molecule has 4 bridgehead atoms. The fourth-order valence-corrected chi connectivity index (χ4v) is 14.4. The van der Waals surface area contributed by atoms with Gasteiger partial charge >= 0.3 is 0 Å². The SMILES string of the molecule is CC1C=CC(C)[C@]2(C)[C@@H]3C(C)(C)[C@@H]4[C@H](C)[C@H](C)[C@H]([C@@]3(C)[C@@]3(C)C(C)(C)[C@H](C)[C@@]43C)[C@]12C. The van der Waals surface area contributed by atoms with Crippen molar-refractivity contribution in [2.24, 2.45) is 85.2 Å². The van der Waals surface area contributed by atoms with Crippen LogP contribution in [0, 0.1) is 85.2 Å². The Morgan fingerprint density at radius 3 is 1.48 bits per heavy atom. The summed E-state index contributed by atoms with van der Waals surface area (Å²) in [5.74, 6) is 5.95. The van der Waals surface area contributed by atoms with Gasteiger partial charge in [-0.15, -0.1) is 0 Å². The van der Waals surface area contributed by atoms with E-state index in [1.165, 1.54) is 0 Å². The normalized spacial score (nSPS) is 67.4. The average Bonchev–Trinajstić information content (AvgIpc) is 2.79. The second kappa shape index (κ2) is 5.35. The van der Waals surface area contributed by atoms with Gasteiger partial charge in [0.25, 0.3) is 0 Å². The largest absolute Gasteiger partial charge is 0.0848 e. The van der Waals surface area contributed by atoms with Crippen LogP contribution >= 0.6 is 0 Å². The van der Waals surface area contributed by atoms with E-state index >= 15 is 0 Å². The zero-order valence-corrected chi connectivity index (χ0v) is 23.3. The third-order valence-electron chi connectivity index (χ3n) is 15.7. The third-order valence-corrected chi connectivity index (χ3v) is 15.7. The highest BCUT2D eigenvalue weighted by Crippen LogP contribution is 2.96. The highest BCUT2D eigenvalue weighted by Gasteiger charge is 2.92. The van der Waals surface area contributed by atoms with E-state index in [2.05, 4.69) is 109 Å². The molecule has 31 heavy (non-hydrogen) atoms. The van der Waals surface area contributed by atoms with Crippen LogP contribution in [0.1, 0.15) is 96.9 Å². The number of allylic oxidation sites excluding steroid dienone is 2. The van der Waals surface area contributed by atoms with E-state index in [1.54, 1.807) is 0 Å². The summed E-state index contributed by atoms with van der Waals surface area (Å²) in [6.07, 6.45) is 5.22. The molecule has 0 aromatic carbocycles. The zero-order chi connectivity index (χ0) is 23.5. The Balaban J connectivity index is 1.96. The summed E-state index contributed by atoms with van der Waals surface area (Å²) in [4.78, 5) is 0. The first kappa shape index (κ1) is 22.5. The molecule has 176 valence electrons. The molecular weight excluding hydrogens is 372 g/mol. The van der Waals surface area contributed by atoms with Crippen LogP contribution < -0.4 is 0 Å². The van der Waals surface area contributed by atoms with Gasteiger partial charge in [0.05, 0.1) is 0 Å². The molecular formula is C31H52. The number of fused-ring (bicyclic) bond motifs is 2. The van der Waals surface area contributed by atoms with Crippen LogP contribution in [0.15, 0.2) is 12.2 Å². The Hall–Kier alpha value is -0.260. The summed E-state index contributed by atoms with van der Waals surface area (Å²) < 4.78 is 0. The predicted molar refractivity (Wildman–Crippen MR) is 134 cm³/mol. The van der Waals surface area contributed by atoms with Crippen molar-refractivity contribution in [1.29, 1.82) is 0 Å². The average molecular weight is 425 g/mol. The summed E-state index contributed by atoms with van der Waals surface area (Å²) in [5.41, 5.74) is 2.54. The van der Waals surface area contributed by atoms with Crippen molar-refractivity contribution in [3.8, 4) is 0 Å². The van der Waals surface area contributed by atoms with Crippen LogP contribution in [0.3, 0.4) is 0 Å². The van der Waals surface area contributed by atoms with E-state index in [1.807, 2.05) is 0 Å². The molecule has 0 heterocycles. The molecule has 2 unspecified atom stereocenters. The Morgan fingerprint density at radius 1 is 0.516 bits per heavy atom. The van der Waals surface area contributed by atoms with E-state index in [4.69, 9.17) is 0 Å². The molecule has 0 N–H and O–H groups in total. The molecule has 6 aliphatic carbocycles. The molecule has 5 fully saturated rings. The molecule has 0 aliphatic heterocycles. The van der Waals surface area contributed by atoms with Gasteiger partial charge < -0.3 is 0 Å². The minimum atomic E-state index is 0.343. The van der Waals surface area contributed by atoms with Gasteiger partial charge in [-0.3, -0.25) is 0 Å². The van der Waals surface area contributed by atoms with E-state index in [0.29, 0.717) is 49.7 Å². The van der Waals surface area contributed by atoms with Gasteiger partial charge in [0.15, 0.2) is 0 Å². The quantitative estimate of drug-likeness (QED) is 0.341. The van der Waals surface area contributed by atoms with Gasteiger partial charge in [-0.05, 0) is 85.2 Å². The fourth-order valence-electron chi connectivity index (χ4n) is 14.4. The summed E-state index contributed by atoms with van der Waals surface area (Å²) in [7, 11) is 0. The maximum Gasteiger partial charge on any atom is -0.0152 e. The standard InChI is InChI=1S/C31H52/c1-17-15-16-18(2)28(11)24-25(6,7)22-19(3)20(4)23(27(17,28)10)30(24,13)31(14)26(8,9)21(5)29(22,31)12/h15-24H,1-14H3/t17?,18?,19-,20+,21+,22+,23+,24+,27+,28-,29+,30-,31+/m1/s1. The topological polar surface area (TPSA) is 0 Å². The maximum absolute atomic E-state index is 2.83. The molecule has 6 rings (SSSR count). The van der Waals surface area contributed by atoms with E-state index in [-0.39, 0.29) is 0 Å². The second-order valence-corrected chi connectivity index (χ2v) is 15.6. The van der Waals surface area contributed by atoms with Gasteiger partial charge in [-0.1, -0.05) is 109 Å². The van der Waals surface area contributed by atoms with Gasteiger partial charge in [0.1, 0.15) is 0 Å². The van der Waals surface area contributed by atoms with Crippen molar-refractivity contribution in [3.05, 3.63) is 12.2 Å². The van der Waals surface area contributed by atoms with Crippen LogP contribution in [-0.2, 0) is 0 Å². The lowest BCUT2D eigenvalue weighted by molar-refractivity contribution is -0.384. The van der Waals surface area contributed by atoms with Crippen molar-refractivity contribution in [3.63, 3.8) is 0 Å². The van der Waals surface area contributed by atoms with Gasteiger partial charge in [-0.25, -0.2) is 0 Å². The lowest BCUT2D eigenvalue weighted by Crippen LogP contribution is -2.81. The first-order chi connectivity index (χ1) is 13.9. The molecule has 0 aromatic rings. The minimum Gasteiger partial charge on any atom is -0.0848 e. The van der Waals surface area contributed by atoms with Crippen LogP contribution in [0.2, 0.25) is 0 Å². The lowest BCUT2D eigenvalue weighted by Gasteiger charge is -2.85. The third kappa shape index (κ3) is 1.62. The Labute approximate surface area is 194 Å². The molecule has 0 heteroatoms. The summed E-state index contributed by atoms with van der Waals surface area (Å²) in [6.45, 7) is 37.7. The van der Waals surface area contributed by atoms with Crippen LogP contribution in [0.4, 0.5) is 0 Å². The van der Waals surface area contributed by atoms with Crippen LogP contribution in [0.5, 0.6) is 0 Å². The monoisotopic (exact) mass is 424 g/mol. The van der Waals surface area contributed by atoms with Gasteiger partial charge in [-0.2, -0.15) is 0 Å². The number of rotatable bonds is 0. The lowest BCUT2D eigenvalue weighted by atomic mass is 9.19. The van der Waals surface area contributed by atoms with E-state index in [9.17, 15) is 0 Å². The maximum atomic E-state index is 2.83. The van der Waals surface area contributed by atoms with Crippen LogP contribution in [-0.4, -0.2) is 0 Å². The molecule has 13 atom stereocenters. The second-order valence-electron chi connectivity index (χ2n) is 15.6. The molecule has 0 aromatic heterocycles. The van der Waals surface area contributed by atoms with Gasteiger partial charge in [0, 0.05) is 0 Å². The molecule has 0 amide bonds. The molecule has 5 saturated carbocycles. The summed E-state index contributed by atoms with van der Waals surface area (Å²) in [6, 6.07) is 0. The van der Waals surface area contributed by atoms with Crippen molar-refractivity contribution in [1.82, 2.24) is 0 Å². The van der Waals surface area contributed by atoms with E-state index in [0.717, 1.165) is 35.5 Å². The highest BCUT2D eigenvalue weighted by molar-refractivity contribution is 5.40. The van der Waals surface area contributed by atoms with Crippen molar-refractivity contribution in [2.75, 3.05) is 0 Å². The Morgan fingerprint density at radius 2 is 0.968 bits per heavy atom. The van der Waals surface area contributed by atoms with Crippen molar-refractivity contribution in [2.45, 2.75) is 96.9 Å². The highest BCUT2D eigenvalue weighted by atomic mass is 15.0. The fraction of sp³-hybridized carbons (Fsp3) is 0.935. The van der Waals surface area contributed by atoms with Crippen molar-refractivity contribution < 1.29 is 0 Å².